The summed E-state index contributed by atoms with van der Waals surface area (Å²) in [6, 6.07) is 21.8. The van der Waals surface area contributed by atoms with Gasteiger partial charge in [-0.1, -0.05) is 60.7 Å². The molecule has 2 aromatic heterocycles. The van der Waals surface area contributed by atoms with Crippen LogP contribution in [0.15, 0.2) is 76.9 Å². The fraction of sp³-hybridized carbons (Fsp3) is 0.269. The van der Waals surface area contributed by atoms with Crippen LogP contribution in [0.5, 0.6) is 0 Å². The highest BCUT2D eigenvalue weighted by Crippen LogP contribution is 2.25. The van der Waals surface area contributed by atoms with Crippen molar-refractivity contribution in [1.29, 1.82) is 0 Å². The van der Waals surface area contributed by atoms with Crippen LogP contribution in [0.3, 0.4) is 0 Å². The van der Waals surface area contributed by atoms with Crippen LogP contribution in [0.1, 0.15) is 24.0 Å². The number of nitrogens with zero attached hydrogens (tertiary/aromatic N) is 3. The first-order chi connectivity index (χ1) is 16.2. The average Bonchev–Trinajstić information content (AvgIpc) is 3.35. The van der Waals surface area contributed by atoms with Crippen molar-refractivity contribution >= 4 is 33.4 Å². The summed E-state index contributed by atoms with van der Waals surface area (Å²) >= 11 is 1.43. The summed E-state index contributed by atoms with van der Waals surface area (Å²) in [4.78, 5) is 33.3. The van der Waals surface area contributed by atoms with Crippen molar-refractivity contribution in [3.05, 3.63) is 93.6 Å². The molecule has 168 valence electrons. The van der Waals surface area contributed by atoms with Crippen LogP contribution in [-0.4, -0.2) is 28.5 Å². The summed E-state index contributed by atoms with van der Waals surface area (Å²) in [5, 5.41) is 4.99. The first-order valence-electron chi connectivity index (χ1n) is 11.3. The third-order valence-electron chi connectivity index (χ3n) is 6.11. The lowest BCUT2D eigenvalue weighted by Crippen LogP contribution is -2.45. The number of amides is 1. The van der Waals surface area contributed by atoms with Crippen LogP contribution < -0.4 is 15.8 Å². The van der Waals surface area contributed by atoms with E-state index in [4.69, 9.17) is 4.98 Å². The lowest BCUT2D eigenvalue weighted by Gasteiger charge is -2.34. The van der Waals surface area contributed by atoms with E-state index >= 15 is 0 Å². The van der Waals surface area contributed by atoms with Gasteiger partial charge >= 0.3 is 0 Å². The highest BCUT2D eigenvalue weighted by Gasteiger charge is 2.28. The predicted molar refractivity (Wildman–Crippen MR) is 133 cm³/mol. The number of nitrogens with one attached hydrogen (secondary N) is 1. The van der Waals surface area contributed by atoms with Crippen molar-refractivity contribution in [3.63, 3.8) is 0 Å². The zero-order chi connectivity index (χ0) is 22.6. The molecule has 0 spiro atoms. The number of carbonyl (C=O) groups is 1. The normalized spacial score (nSPS) is 16.1. The molecule has 0 aliphatic carbocycles. The molecule has 4 aromatic rings. The lowest BCUT2D eigenvalue weighted by atomic mass is 9.97. The minimum absolute atomic E-state index is 0.0236. The molecule has 0 saturated carbocycles. The fourth-order valence-electron chi connectivity index (χ4n) is 4.38. The van der Waals surface area contributed by atoms with Gasteiger partial charge in [-0.25, -0.2) is 4.98 Å². The molecule has 0 unspecified atom stereocenters. The number of fused-ring (bicyclic) bond motifs is 1. The minimum atomic E-state index is -0.136. The Bertz CT molecular complexity index is 1300. The number of rotatable bonds is 6. The van der Waals surface area contributed by atoms with Crippen LogP contribution >= 0.6 is 11.3 Å². The van der Waals surface area contributed by atoms with Gasteiger partial charge in [0.15, 0.2) is 0 Å². The molecule has 6 nitrogen and oxygen atoms in total. The summed E-state index contributed by atoms with van der Waals surface area (Å²) in [5.74, 6) is 0.565. The molecular formula is C26H26N4O2S. The van der Waals surface area contributed by atoms with E-state index in [9.17, 15) is 9.59 Å². The lowest BCUT2D eigenvalue weighted by molar-refractivity contribution is -0.125. The van der Waals surface area contributed by atoms with E-state index in [1.807, 2.05) is 72.1 Å². The van der Waals surface area contributed by atoms with E-state index in [2.05, 4.69) is 10.2 Å². The van der Waals surface area contributed by atoms with E-state index in [0.29, 0.717) is 30.3 Å². The summed E-state index contributed by atoms with van der Waals surface area (Å²) in [7, 11) is 0. The van der Waals surface area contributed by atoms with Gasteiger partial charge in [-0.15, -0.1) is 11.3 Å². The Kier molecular flexibility index (Phi) is 6.21. The quantitative estimate of drug-likeness (QED) is 0.474. The molecule has 1 atom stereocenters. The van der Waals surface area contributed by atoms with E-state index in [-0.39, 0.29) is 17.4 Å². The second-order valence-electron chi connectivity index (χ2n) is 8.41. The molecule has 3 heterocycles. The topological polar surface area (TPSA) is 67.2 Å². The van der Waals surface area contributed by atoms with Gasteiger partial charge in [0.25, 0.3) is 5.56 Å². The van der Waals surface area contributed by atoms with Gasteiger partial charge in [0.1, 0.15) is 4.70 Å². The Labute approximate surface area is 196 Å². The van der Waals surface area contributed by atoms with Crippen molar-refractivity contribution in [2.75, 3.05) is 18.0 Å². The van der Waals surface area contributed by atoms with Crippen molar-refractivity contribution < 1.29 is 4.79 Å². The van der Waals surface area contributed by atoms with Gasteiger partial charge in [0.05, 0.1) is 18.0 Å². The van der Waals surface area contributed by atoms with Gasteiger partial charge in [-0.3, -0.25) is 14.2 Å². The average molecular weight is 459 g/mol. The zero-order valence-electron chi connectivity index (χ0n) is 18.3. The molecule has 1 aliphatic rings. The van der Waals surface area contributed by atoms with E-state index in [0.717, 1.165) is 36.0 Å². The second-order valence-corrected chi connectivity index (χ2v) is 9.33. The summed E-state index contributed by atoms with van der Waals surface area (Å²) < 4.78 is 2.43. The Morgan fingerprint density at radius 2 is 1.76 bits per heavy atom. The maximum atomic E-state index is 13.4. The molecule has 1 fully saturated rings. The van der Waals surface area contributed by atoms with Gasteiger partial charge < -0.3 is 10.2 Å². The largest absolute Gasteiger partial charge is 0.352 e. The van der Waals surface area contributed by atoms with Crippen molar-refractivity contribution in [2.24, 2.45) is 5.92 Å². The molecule has 1 saturated heterocycles. The van der Waals surface area contributed by atoms with E-state index in [1.165, 1.54) is 11.3 Å². The number of hydrogen-bond acceptors (Lipinski definition) is 5. The van der Waals surface area contributed by atoms with E-state index < -0.39 is 0 Å². The van der Waals surface area contributed by atoms with Gasteiger partial charge in [-0.05, 0) is 35.4 Å². The number of anilines is 1. The summed E-state index contributed by atoms with van der Waals surface area (Å²) in [5.41, 5.74) is 2.83. The predicted octanol–water partition coefficient (Wildman–Crippen LogP) is 4.04. The molecule has 0 radical (unpaired) electrons. The molecule has 0 bridgehead atoms. The third kappa shape index (κ3) is 4.68. The molecule has 5 rings (SSSR count). The van der Waals surface area contributed by atoms with Crippen LogP contribution in [0.2, 0.25) is 0 Å². The maximum absolute atomic E-state index is 13.4. The standard InChI is InChI=1S/C26H26N4O2S/c31-24(27-16-19-8-3-1-4-9-19)21-12-7-14-29(18-21)26-28-22-13-15-33-23(22)25(32)30(26)17-20-10-5-2-6-11-20/h1-6,8-11,13,15,21H,7,12,14,16-18H2,(H,27,31)/t21-/m0/s1. The molecule has 1 amide bonds. The molecule has 7 heteroatoms. The Hall–Kier alpha value is -3.45. The van der Waals surface area contributed by atoms with Gasteiger partial charge in [-0.2, -0.15) is 0 Å². The number of hydrogen-bond donors (Lipinski definition) is 1. The van der Waals surface area contributed by atoms with Crippen molar-refractivity contribution in [1.82, 2.24) is 14.9 Å². The van der Waals surface area contributed by atoms with Crippen molar-refractivity contribution in [2.45, 2.75) is 25.9 Å². The third-order valence-corrected chi connectivity index (χ3v) is 7.01. The van der Waals surface area contributed by atoms with Gasteiger partial charge in [0, 0.05) is 19.6 Å². The molecule has 2 aromatic carbocycles. The van der Waals surface area contributed by atoms with Crippen LogP contribution in [0.25, 0.3) is 10.2 Å². The molecule has 1 N–H and O–H groups in total. The molecular weight excluding hydrogens is 432 g/mol. The highest BCUT2D eigenvalue weighted by molar-refractivity contribution is 7.17. The van der Waals surface area contributed by atoms with Crippen LogP contribution in [0.4, 0.5) is 5.95 Å². The molecule has 33 heavy (non-hydrogen) atoms. The van der Waals surface area contributed by atoms with E-state index in [1.54, 1.807) is 4.57 Å². The first kappa shape index (κ1) is 21.4. The number of piperidine rings is 1. The Balaban J connectivity index is 1.40. The second kappa shape index (κ2) is 9.58. The van der Waals surface area contributed by atoms with Gasteiger partial charge in [0.2, 0.25) is 11.9 Å². The Morgan fingerprint density at radius 1 is 1.03 bits per heavy atom. The minimum Gasteiger partial charge on any atom is -0.352 e. The smallest absolute Gasteiger partial charge is 0.273 e. The monoisotopic (exact) mass is 458 g/mol. The first-order valence-corrected chi connectivity index (χ1v) is 12.2. The summed E-state index contributed by atoms with van der Waals surface area (Å²) in [6.45, 7) is 2.31. The maximum Gasteiger partial charge on any atom is 0.273 e. The van der Waals surface area contributed by atoms with Crippen LogP contribution in [0, 0.1) is 5.92 Å². The number of thiophene rings is 1. The molecule has 1 aliphatic heterocycles. The Morgan fingerprint density at radius 3 is 2.52 bits per heavy atom. The number of carbonyl (C=O) groups excluding carboxylic acids is 1. The SMILES string of the molecule is O=C(NCc1ccccc1)[C@H]1CCCN(c2nc3ccsc3c(=O)n2Cc2ccccc2)C1. The number of benzene rings is 2. The van der Waals surface area contributed by atoms with Crippen LogP contribution in [-0.2, 0) is 17.9 Å². The summed E-state index contributed by atoms with van der Waals surface area (Å²) in [6.07, 6.45) is 1.72. The van der Waals surface area contributed by atoms with Crippen molar-refractivity contribution in [3.8, 4) is 0 Å². The number of aromatic nitrogens is 2. The highest BCUT2D eigenvalue weighted by atomic mass is 32.1. The zero-order valence-corrected chi connectivity index (χ0v) is 19.1. The fourth-order valence-corrected chi connectivity index (χ4v) is 5.16.